The molecule has 0 radical (unpaired) electrons. The van der Waals surface area contributed by atoms with Crippen molar-refractivity contribution >= 4 is 11.3 Å². The summed E-state index contributed by atoms with van der Waals surface area (Å²) in [6.07, 6.45) is 11.7. The third kappa shape index (κ3) is 3.05. The van der Waals surface area contributed by atoms with Crippen molar-refractivity contribution in [2.45, 2.75) is 76.3 Å². The maximum atomic E-state index is 11.4. The van der Waals surface area contributed by atoms with Crippen molar-refractivity contribution in [2.24, 2.45) is 0 Å². The molecule has 0 aromatic heterocycles. The standard InChI is InChI=1S/C12H23NO2S/c14-16(15)13(11-7-3-1-4-8-11)12-9-5-2-6-10-12/h11-12H,1-10H2,(H,14,15)/p-1. The van der Waals surface area contributed by atoms with E-state index in [1.54, 1.807) is 4.31 Å². The smallest absolute Gasteiger partial charge is 0.0218 e. The molecule has 0 bridgehead atoms. The van der Waals surface area contributed by atoms with Crippen molar-refractivity contribution in [3.63, 3.8) is 0 Å². The first-order valence-electron chi connectivity index (χ1n) is 6.67. The van der Waals surface area contributed by atoms with E-state index in [1.165, 1.54) is 38.5 Å². The first-order chi connectivity index (χ1) is 7.79. The minimum atomic E-state index is -2.02. The first-order valence-corrected chi connectivity index (χ1v) is 7.70. The van der Waals surface area contributed by atoms with Gasteiger partial charge < -0.3 is 4.55 Å². The summed E-state index contributed by atoms with van der Waals surface area (Å²) in [5.41, 5.74) is 0. The van der Waals surface area contributed by atoms with E-state index < -0.39 is 11.3 Å². The largest absolute Gasteiger partial charge is 0.760 e. The Morgan fingerprint density at radius 3 is 1.50 bits per heavy atom. The van der Waals surface area contributed by atoms with E-state index in [1.807, 2.05) is 0 Å². The molecule has 1 atom stereocenters. The second kappa shape index (κ2) is 6.12. The highest BCUT2D eigenvalue weighted by molar-refractivity contribution is 7.76. The molecule has 1 unspecified atom stereocenters. The van der Waals surface area contributed by atoms with E-state index in [4.69, 9.17) is 0 Å². The van der Waals surface area contributed by atoms with Crippen molar-refractivity contribution in [3.8, 4) is 0 Å². The van der Waals surface area contributed by atoms with Crippen molar-refractivity contribution in [1.82, 2.24) is 4.31 Å². The molecule has 2 rings (SSSR count). The van der Waals surface area contributed by atoms with Crippen LogP contribution in [0.1, 0.15) is 64.2 Å². The topological polar surface area (TPSA) is 43.4 Å². The Labute approximate surface area is 101 Å². The lowest BCUT2D eigenvalue weighted by atomic mass is 9.91. The fourth-order valence-electron chi connectivity index (χ4n) is 3.21. The van der Waals surface area contributed by atoms with Gasteiger partial charge in [-0.3, -0.25) is 4.21 Å². The summed E-state index contributed by atoms with van der Waals surface area (Å²) >= 11 is -2.02. The van der Waals surface area contributed by atoms with Crippen LogP contribution in [-0.4, -0.2) is 25.2 Å². The van der Waals surface area contributed by atoms with Gasteiger partial charge in [0.15, 0.2) is 0 Å². The highest BCUT2D eigenvalue weighted by Gasteiger charge is 2.29. The minimum Gasteiger partial charge on any atom is -0.760 e. The van der Waals surface area contributed by atoms with E-state index in [0.717, 1.165) is 25.7 Å². The molecule has 2 fully saturated rings. The highest BCUT2D eigenvalue weighted by atomic mass is 32.2. The monoisotopic (exact) mass is 244 g/mol. The van der Waals surface area contributed by atoms with Crippen molar-refractivity contribution in [2.75, 3.05) is 0 Å². The molecule has 2 aliphatic carbocycles. The van der Waals surface area contributed by atoms with Gasteiger partial charge in [-0.2, -0.15) is 0 Å². The summed E-state index contributed by atoms with van der Waals surface area (Å²) in [6, 6.07) is 0.602. The van der Waals surface area contributed by atoms with E-state index in [2.05, 4.69) is 0 Å². The molecule has 0 heterocycles. The summed E-state index contributed by atoms with van der Waals surface area (Å²) in [6.45, 7) is 0. The van der Waals surface area contributed by atoms with Crippen LogP contribution < -0.4 is 0 Å². The zero-order valence-electron chi connectivity index (χ0n) is 9.90. The fraction of sp³-hybridized carbons (Fsp3) is 1.00. The number of rotatable bonds is 3. The normalized spacial score (nSPS) is 27.1. The molecule has 2 saturated carbocycles. The zero-order valence-corrected chi connectivity index (χ0v) is 10.7. The maximum Gasteiger partial charge on any atom is 0.0218 e. The molecule has 16 heavy (non-hydrogen) atoms. The predicted octanol–water partition coefficient (Wildman–Crippen LogP) is 2.75. The molecular formula is C12H22NO2S-. The Kier molecular flexibility index (Phi) is 4.79. The molecular weight excluding hydrogens is 222 g/mol. The summed E-state index contributed by atoms with van der Waals surface area (Å²) in [5, 5.41) is 0. The summed E-state index contributed by atoms with van der Waals surface area (Å²) in [4.78, 5) is 0. The van der Waals surface area contributed by atoms with Crippen LogP contribution in [0.3, 0.4) is 0 Å². The van der Waals surface area contributed by atoms with Crippen LogP contribution in [0.4, 0.5) is 0 Å². The lowest BCUT2D eigenvalue weighted by molar-refractivity contribution is 0.166. The SMILES string of the molecule is O=S([O-])N(C1CCCCC1)C1CCCCC1. The van der Waals surface area contributed by atoms with E-state index >= 15 is 0 Å². The van der Waals surface area contributed by atoms with Gasteiger partial charge in [0.05, 0.1) is 0 Å². The van der Waals surface area contributed by atoms with Gasteiger partial charge in [0.1, 0.15) is 0 Å². The van der Waals surface area contributed by atoms with Crippen molar-refractivity contribution in [3.05, 3.63) is 0 Å². The Hall–Kier alpha value is 0.0700. The molecule has 0 aromatic carbocycles. The molecule has 0 saturated heterocycles. The predicted molar refractivity (Wildman–Crippen MR) is 64.5 cm³/mol. The first kappa shape index (κ1) is 12.5. The lowest BCUT2D eigenvalue weighted by Crippen LogP contribution is -2.45. The zero-order chi connectivity index (χ0) is 11.4. The highest BCUT2D eigenvalue weighted by Crippen LogP contribution is 2.30. The van der Waals surface area contributed by atoms with Gasteiger partial charge in [-0.15, -0.1) is 0 Å². The van der Waals surface area contributed by atoms with E-state index in [-0.39, 0.29) is 0 Å². The third-order valence-corrected chi connectivity index (χ3v) is 4.98. The number of hydrogen-bond acceptors (Lipinski definition) is 2. The molecule has 0 N–H and O–H groups in total. The van der Waals surface area contributed by atoms with Gasteiger partial charge in [-0.1, -0.05) is 38.5 Å². The Bertz CT molecular complexity index is 217. The van der Waals surface area contributed by atoms with Crippen LogP contribution in [-0.2, 0) is 11.3 Å². The molecule has 94 valence electrons. The van der Waals surface area contributed by atoms with Crippen LogP contribution in [0.5, 0.6) is 0 Å². The second-order valence-corrected chi connectivity index (χ2v) is 6.02. The van der Waals surface area contributed by atoms with Crippen LogP contribution in [0.2, 0.25) is 0 Å². The average Bonchev–Trinajstić information content (AvgIpc) is 2.31. The Balaban J connectivity index is 1.99. The van der Waals surface area contributed by atoms with Crippen LogP contribution in [0.15, 0.2) is 0 Å². The van der Waals surface area contributed by atoms with Crippen molar-refractivity contribution < 1.29 is 8.76 Å². The molecule has 0 spiro atoms. The molecule has 0 aromatic rings. The van der Waals surface area contributed by atoms with Gasteiger partial charge in [-0.25, -0.2) is 4.31 Å². The summed E-state index contributed by atoms with van der Waals surface area (Å²) < 4.78 is 24.7. The molecule has 3 nitrogen and oxygen atoms in total. The van der Waals surface area contributed by atoms with Crippen LogP contribution in [0, 0.1) is 0 Å². The summed E-state index contributed by atoms with van der Waals surface area (Å²) in [7, 11) is 0. The third-order valence-electron chi connectivity index (χ3n) is 4.04. The quantitative estimate of drug-likeness (QED) is 0.716. The van der Waals surface area contributed by atoms with E-state index in [9.17, 15) is 8.76 Å². The van der Waals surface area contributed by atoms with Crippen molar-refractivity contribution in [1.29, 1.82) is 0 Å². The van der Waals surface area contributed by atoms with Crippen LogP contribution in [0.25, 0.3) is 0 Å². The van der Waals surface area contributed by atoms with E-state index in [0.29, 0.717) is 12.1 Å². The average molecular weight is 244 g/mol. The maximum absolute atomic E-state index is 11.4. The second-order valence-electron chi connectivity index (χ2n) is 5.16. The molecule has 0 amide bonds. The van der Waals surface area contributed by atoms with Gasteiger partial charge in [0.2, 0.25) is 0 Å². The molecule has 0 aliphatic heterocycles. The lowest BCUT2D eigenvalue weighted by Gasteiger charge is -2.42. The van der Waals surface area contributed by atoms with Gasteiger partial charge >= 0.3 is 0 Å². The van der Waals surface area contributed by atoms with Gasteiger partial charge in [-0.05, 0) is 25.7 Å². The molecule has 2 aliphatic rings. The van der Waals surface area contributed by atoms with Crippen LogP contribution >= 0.6 is 0 Å². The number of nitrogens with zero attached hydrogens (tertiary/aromatic N) is 1. The minimum absolute atomic E-state index is 0.301. The van der Waals surface area contributed by atoms with Gasteiger partial charge in [0, 0.05) is 23.4 Å². The Morgan fingerprint density at radius 1 is 0.812 bits per heavy atom. The molecule has 4 heteroatoms. The fourth-order valence-corrected chi connectivity index (χ4v) is 4.12. The number of hydrogen-bond donors (Lipinski definition) is 0. The van der Waals surface area contributed by atoms with Gasteiger partial charge in [0.25, 0.3) is 0 Å². The Morgan fingerprint density at radius 2 is 1.19 bits per heavy atom. The summed E-state index contributed by atoms with van der Waals surface area (Å²) in [5.74, 6) is 0.